The fourth-order valence-electron chi connectivity index (χ4n) is 1.70. The first-order chi connectivity index (χ1) is 8.88. The van der Waals surface area contributed by atoms with Crippen molar-refractivity contribution in [1.29, 1.82) is 0 Å². The van der Waals surface area contributed by atoms with Crippen molar-refractivity contribution in [1.82, 2.24) is 4.31 Å². The number of hydrogen-bond donors (Lipinski definition) is 1. The maximum Gasteiger partial charge on any atom is 0.244 e. The number of rotatable bonds is 5. The van der Waals surface area contributed by atoms with Gasteiger partial charge in [-0.15, -0.1) is 6.42 Å². The topological polar surface area (TPSA) is 63.4 Å². The highest BCUT2D eigenvalue weighted by Crippen LogP contribution is 2.23. The quantitative estimate of drug-likeness (QED) is 0.827. The van der Waals surface area contributed by atoms with Crippen LogP contribution in [0.3, 0.4) is 0 Å². The highest BCUT2D eigenvalue weighted by molar-refractivity contribution is 7.89. The molecule has 0 unspecified atom stereocenters. The molecule has 0 spiro atoms. The highest BCUT2D eigenvalue weighted by atomic mass is 32.2. The molecule has 0 saturated heterocycles. The van der Waals surface area contributed by atoms with Crippen LogP contribution in [0.15, 0.2) is 17.0 Å². The number of nitrogens with two attached hydrogens (primary N) is 1. The maximum atomic E-state index is 13.7. The fourth-order valence-corrected chi connectivity index (χ4v) is 3.35. The van der Waals surface area contributed by atoms with Crippen molar-refractivity contribution in [2.75, 3.05) is 13.1 Å². The monoisotopic (exact) mass is 284 g/mol. The predicted octanol–water partition coefficient (Wildman–Crippen LogP) is 1.24. The molecule has 0 amide bonds. The number of sulfonamides is 1. The van der Waals surface area contributed by atoms with E-state index in [4.69, 9.17) is 12.2 Å². The maximum absolute atomic E-state index is 13.7. The van der Waals surface area contributed by atoms with E-state index in [0.29, 0.717) is 5.56 Å². The van der Waals surface area contributed by atoms with Gasteiger partial charge in [0.15, 0.2) is 0 Å². The average molecular weight is 284 g/mol. The van der Waals surface area contributed by atoms with Gasteiger partial charge in [0.2, 0.25) is 10.0 Å². The molecular formula is C13H17FN2O2S. The number of halogens is 1. The molecular weight excluding hydrogens is 267 g/mol. The lowest BCUT2D eigenvalue weighted by Crippen LogP contribution is -2.32. The summed E-state index contributed by atoms with van der Waals surface area (Å²) in [6.45, 7) is 3.34. The van der Waals surface area contributed by atoms with Crippen LogP contribution in [0.25, 0.3) is 0 Å². The van der Waals surface area contributed by atoms with E-state index in [1.165, 1.54) is 19.1 Å². The third kappa shape index (κ3) is 3.13. The Bertz CT molecular complexity index is 606. The molecule has 2 N–H and O–H groups in total. The third-order valence-electron chi connectivity index (χ3n) is 2.83. The van der Waals surface area contributed by atoms with Gasteiger partial charge in [-0.1, -0.05) is 12.8 Å². The summed E-state index contributed by atoms with van der Waals surface area (Å²) in [6, 6.07) is 2.64. The van der Waals surface area contributed by atoms with Crippen molar-refractivity contribution in [3.63, 3.8) is 0 Å². The summed E-state index contributed by atoms with van der Waals surface area (Å²) in [5.41, 5.74) is 5.95. The van der Waals surface area contributed by atoms with Crippen LogP contribution >= 0.6 is 0 Å². The Hall–Kier alpha value is -1.42. The second-order valence-corrected chi connectivity index (χ2v) is 5.95. The van der Waals surface area contributed by atoms with Gasteiger partial charge in [0.1, 0.15) is 5.82 Å². The molecule has 0 aliphatic heterocycles. The molecule has 0 aromatic heterocycles. The van der Waals surface area contributed by atoms with Crippen molar-refractivity contribution in [2.24, 2.45) is 5.73 Å². The van der Waals surface area contributed by atoms with Gasteiger partial charge in [0.25, 0.3) is 0 Å². The molecule has 6 heteroatoms. The molecule has 0 bridgehead atoms. The summed E-state index contributed by atoms with van der Waals surface area (Å²) in [5.74, 6) is 1.70. The summed E-state index contributed by atoms with van der Waals surface area (Å²) in [6.07, 6.45) is 5.15. The molecule has 19 heavy (non-hydrogen) atoms. The lowest BCUT2D eigenvalue weighted by Gasteiger charge is -2.20. The molecule has 1 aromatic carbocycles. The minimum Gasteiger partial charge on any atom is -0.326 e. The summed E-state index contributed by atoms with van der Waals surface area (Å²) in [5, 5.41) is 0. The lowest BCUT2D eigenvalue weighted by atomic mass is 10.1. The van der Waals surface area contributed by atoms with Gasteiger partial charge in [-0.2, -0.15) is 4.31 Å². The van der Waals surface area contributed by atoms with E-state index in [-0.39, 0.29) is 30.1 Å². The number of hydrogen-bond acceptors (Lipinski definition) is 3. The third-order valence-corrected chi connectivity index (χ3v) is 4.88. The molecule has 0 atom stereocenters. The molecule has 0 radical (unpaired) electrons. The highest BCUT2D eigenvalue weighted by Gasteiger charge is 2.26. The SMILES string of the molecule is C#CCN(CC)S(=O)(=O)c1cc(CN)cc(F)c1C. The van der Waals surface area contributed by atoms with E-state index < -0.39 is 15.8 Å². The van der Waals surface area contributed by atoms with E-state index >= 15 is 0 Å². The van der Waals surface area contributed by atoms with Crippen LogP contribution in [0.2, 0.25) is 0 Å². The van der Waals surface area contributed by atoms with Crippen LogP contribution < -0.4 is 5.73 Å². The smallest absolute Gasteiger partial charge is 0.244 e. The Morgan fingerprint density at radius 1 is 1.47 bits per heavy atom. The molecule has 1 rings (SSSR count). The van der Waals surface area contributed by atoms with Gasteiger partial charge in [-0.3, -0.25) is 0 Å². The largest absolute Gasteiger partial charge is 0.326 e. The predicted molar refractivity (Wildman–Crippen MR) is 72.3 cm³/mol. The minimum atomic E-state index is -3.80. The molecule has 0 fully saturated rings. The standard InChI is InChI=1S/C13H17FN2O2S/c1-4-6-16(5-2)19(17,18)13-8-11(9-15)7-12(14)10(13)3/h1,7-8H,5-6,9,15H2,2-3H3. The van der Waals surface area contributed by atoms with E-state index in [0.717, 1.165) is 4.31 Å². The van der Waals surface area contributed by atoms with Gasteiger partial charge >= 0.3 is 0 Å². The molecule has 0 aliphatic rings. The van der Waals surface area contributed by atoms with Gasteiger partial charge in [0, 0.05) is 18.7 Å². The first-order valence-corrected chi connectivity index (χ1v) is 7.25. The van der Waals surface area contributed by atoms with Crippen molar-refractivity contribution < 1.29 is 12.8 Å². The number of nitrogens with zero attached hydrogens (tertiary/aromatic N) is 1. The molecule has 104 valence electrons. The zero-order valence-corrected chi connectivity index (χ0v) is 11.8. The van der Waals surface area contributed by atoms with E-state index in [9.17, 15) is 12.8 Å². The first kappa shape index (κ1) is 15.6. The van der Waals surface area contributed by atoms with Gasteiger partial charge < -0.3 is 5.73 Å². The van der Waals surface area contributed by atoms with Crippen molar-refractivity contribution in [3.8, 4) is 12.3 Å². The second kappa shape index (κ2) is 6.15. The first-order valence-electron chi connectivity index (χ1n) is 5.81. The van der Waals surface area contributed by atoms with Crippen LogP contribution in [0.1, 0.15) is 18.1 Å². The number of terminal acetylenes is 1. The second-order valence-electron chi connectivity index (χ2n) is 4.04. The Kier molecular flexibility index (Phi) is 5.06. The fraction of sp³-hybridized carbons (Fsp3) is 0.385. The average Bonchev–Trinajstić information content (AvgIpc) is 2.38. The summed E-state index contributed by atoms with van der Waals surface area (Å²) in [4.78, 5) is -0.0787. The molecule has 1 aromatic rings. The van der Waals surface area contributed by atoms with E-state index in [1.54, 1.807) is 6.92 Å². The van der Waals surface area contributed by atoms with Crippen LogP contribution in [0, 0.1) is 25.1 Å². The van der Waals surface area contributed by atoms with Gasteiger partial charge in [-0.05, 0) is 24.6 Å². The zero-order chi connectivity index (χ0) is 14.6. The molecule has 0 aliphatic carbocycles. The molecule has 0 heterocycles. The van der Waals surface area contributed by atoms with Gasteiger partial charge in [0.05, 0.1) is 11.4 Å². The van der Waals surface area contributed by atoms with Crippen LogP contribution in [0.5, 0.6) is 0 Å². The van der Waals surface area contributed by atoms with E-state index in [1.807, 2.05) is 0 Å². The molecule has 0 saturated carbocycles. The van der Waals surface area contributed by atoms with Gasteiger partial charge in [-0.25, -0.2) is 12.8 Å². The van der Waals surface area contributed by atoms with E-state index in [2.05, 4.69) is 5.92 Å². The van der Waals surface area contributed by atoms with Crippen molar-refractivity contribution >= 4 is 10.0 Å². The van der Waals surface area contributed by atoms with Crippen molar-refractivity contribution in [3.05, 3.63) is 29.1 Å². The lowest BCUT2D eigenvalue weighted by molar-refractivity contribution is 0.462. The Morgan fingerprint density at radius 3 is 2.58 bits per heavy atom. The van der Waals surface area contributed by atoms with Crippen LogP contribution in [0.4, 0.5) is 4.39 Å². The van der Waals surface area contributed by atoms with Crippen LogP contribution in [-0.2, 0) is 16.6 Å². The summed E-state index contributed by atoms with van der Waals surface area (Å²) >= 11 is 0. The molecule has 4 nitrogen and oxygen atoms in total. The summed E-state index contributed by atoms with van der Waals surface area (Å²) < 4.78 is 39.7. The van der Waals surface area contributed by atoms with Crippen molar-refractivity contribution in [2.45, 2.75) is 25.3 Å². The summed E-state index contributed by atoms with van der Waals surface area (Å²) in [7, 11) is -3.80. The Balaban J connectivity index is 3.44. The number of benzene rings is 1. The minimum absolute atomic E-state index is 0.0489. The van der Waals surface area contributed by atoms with Crippen LogP contribution in [-0.4, -0.2) is 25.8 Å². The Morgan fingerprint density at radius 2 is 2.11 bits per heavy atom. The Labute approximate surface area is 113 Å². The normalized spacial score (nSPS) is 11.6. The zero-order valence-electron chi connectivity index (χ0n) is 11.0.